The van der Waals surface area contributed by atoms with Crippen LogP contribution >= 0.6 is 12.4 Å². The summed E-state index contributed by atoms with van der Waals surface area (Å²) in [6.45, 7) is -0.283. The standard InChI is InChI=1S/C14H23F2N3O2.ClH/c15-14(16)8-11(18-9-14)13(21)17-7-6-12(20)19-10-4-2-1-3-5-10;/h10-11,18H,1-9H2,(H,17,21)(H,19,20);1H. The van der Waals surface area contributed by atoms with Gasteiger partial charge in [0, 0.05) is 25.4 Å². The highest BCUT2D eigenvalue weighted by Gasteiger charge is 2.42. The Hall–Kier alpha value is -0.950. The molecule has 5 nitrogen and oxygen atoms in total. The fourth-order valence-corrected chi connectivity index (χ4v) is 2.87. The van der Waals surface area contributed by atoms with E-state index in [4.69, 9.17) is 0 Å². The Balaban J connectivity index is 0.00000242. The third kappa shape index (κ3) is 6.04. The summed E-state index contributed by atoms with van der Waals surface area (Å²) in [5.74, 6) is -3.37. The molecule has 1 saturated carbocycles. The number of nitrogens with one attached hydrogen (secondary N) is 3. The number of carbonyl (C=O) groups is 2. The maximum atomic E-state index is 13.0. The summed E-state index contributed by atoms with van der Waals surface area (Å²) in [5.41, 5.74) is 0. The van der Waals surface area contributed by atoms with E-state index in [1.165, 1.54) is 6.42 Å². The second-order valence-electron chi connectivity index (χ2n) is 5.94. The fourth-order valence-electron chi connectivity index (χ4n) is 2.87. The summed E-state index contributed by atoms with van der Waals surface area (Å²) in [5, 5.41) is 7.97. The monoisotopic (exact) mass is 339 g/mol. The summed E-state index contributed by atoms with van der Waals surface area (Å²) in [6, 6.07) is -0.612. The van der Waals surface area contributed by atoms with E-state index in [1.54, 1.807) is 0 Å². The van der Waals surface area contributed by atoms with E-state index in [0.717, 1.165) is 25.7 Å². The average molecular weight is 340 g/mol. The second kappa shape index (κ2) is 8.62. The highest BCUT2D eigenvalue weighted by atomic mass is 35.5. The van der Waals surface area contributed by atoms with E-state index in [9.17, 15) is 18.4 Å². The minimum Gasteiger partial charge on any atom is -0.354 e. The van der Waals surface area contributed by atoms with Gasteiger partial charge >= 0.3 is 0 Å². The van der Waals surface area contributed by atoms with Crippen LogP contribution in [-0.4, -0.2) is 42.9 Å². The molecule has 2 aliphatic rings. The molecule has 1 saturated heterocycles. The van der Waals surface area contributed by atoms with E-state index in [1.807, 2.05) is 0 Å². The topological polar surface area (TPSA) is 70.2 Å². The zero-order valence-corrected chi connectivity index (χ0v) is 13.3. The SMILES string of the molecule is Cl.O=C(CCNC(=O)C1CC(F)(F)CN1)NC1CCCCC1. The van der Waals surface area contributed by atoms with Gasteiger partial charge in [-0.1, -0.05) is 19.3 Å². The van der Waals surface area contributed by atoms with Gasteiger partial charge in [-0.05, 0) is 12.8 Å². The van der Waals surface area contributed by atoms with E-state index < -0.39 is 30.8 Å². The first-order chi connectivity index (χ1) is 9.96. The first-order valence-electron chi connectivity index (χ1n) is 7.64. The summed E-state index contributed by atoms with van der Waals surface area (Å²) < 4.78 is 25.9. The lowest BCUT2D eigenvalue weighted by atomic mass is 9.95. The molecule has 0 aromatic carbocycles. The van der Waals surface area contributed by atoms with E-state index in [2.05, 4.69) is 16.0 Å². The van der Waals surface area contributed by atoms with Crippen molar-refractivity contribution in [3.8, 4) is 0 Å². The van der Waals surface area contributed by atoms with Crippen molar-refractivity contribution in [2.45, 2.75) is 63.0 Å². The van der Waals surface area contributed by atoms with Crippen molar-refractivity contribution in [2.24, 2.45) is 0 Å². The molecule has 8 heteroatoms. The molecule has 1 heterocycles. The van der Waals surface area contributed by atoms with Crippen molar-refractivity contribution in [1.29, 1.82) is 0 Å². The van der Waals surface area contributed by atoms with Crippen LogP contribution in [0.5, 0.6) is 0 Å². The molecular formula is C14H24ClF2N3O2. The molecule has 2 fully saturated rings. The van der Waals surface area contributed by atoms with Gasteiger partial charge in [0.05, 0.1) is 12.6 Å². The van der Waals surface area contributed by atoms with Crippen LogP contribution in [-0.2, 0) is 9.59 Å². The minimum atomic E-state index is -2.82. The third-order valence-electron chi connectivity index (χ3n) is 4.05. The van der Waals surface area contributed by atoms with Gasteiger partial charge in [-0.15, -0.1) is 12.4 Å². The number of hydrogen-bond acceptors (Lipinski definition) is 3. The Morgan fingerprint density at radius 1 is 1.18 bits per heavy atom. The number of alkyl halides is 2. The highest BCUT2D eigenvalue weighted by Crippen LogP contribution is 2.25. The number of hydrogen-bond donors (Lipinski definition) is 3. The van der Waals surface area contributed by atoms with Crippen LogP contribution in [0.3, 0.4) is 0 Å². The third-order valence-corrected chi connectivity index (χ3v) is 4.05. The van der Waals surface area contributed by atoms with Crippen LogP contribution in [0.1, 0.15) is 44.9 Å². The quantitative estimate of drug-likeness (QED) is 0.708. The van der Waals surface area contributed by atoms with Gasteiger partial charge in [0.2, 0.25) is 11.8 Å². The molecule has 0 radical (unpaired) electrons. The maximum Gasteiger partial charge on any atom is 0.262 e. The molecule has 128 valence electrons. The summed E-state index contributed by atoms with van der Waals surface area (Å²) in [6.07, 6.45) is 5.24. The number of rotatable bonds is 5. The summed E-state index contributed by atoms with van der Waals surface area (Å²) >= 11 is 0. The molecule has 2 rings (SSSR count). The van der Waals surface area contributed by atoms with Crippen molar-refractivity contribution in [3.05, 3.63) is 0 Å². The van der Waals surface area contributed by atoms with Crippen molar-refractivity contribution in [2.75, 3.05) is 13.1 Å². The van der Waals surface area contributed by atoms with Crippen molar-refractivity contribution < 1.29 is 18.4 Å². The zero-order valence-electron chi connectivity index (χ0n) is 12.5. The van der Waals surface area contributed by atoms with E-state index >= 15 is 0 Å². The van der Waals surface area contributed by atoms with E-state index in [0.29, 0.717) is 0 Å². The van der Waals surface area contributed by atoms with Crippen LogP contribution in [0.2, 0.25) is 0 Å². The molecule has 0 bridgehead atoms. The Labute approximate surface area is 135 Å². The van der Waals surface area contributed by atoms with Crippen molar-refractivity contribution in [1.82, 2.24) is 16.0 Å². The van der Waals surface area contributed by atoms with E-state index in [-0.39, 0.29) is 37.3 Å². The molecule has 1 aliphatic carbocycles. The van der Waals surface area contributed by atoms with Gasteiger partial charge in [-0.2, -0.15) is 0 Å². The Morgan fingerprint density at radius 3 is 2.45 bits per heavy atom. The lowest BCUT2D eigenvalue weighted by molar-refractivity contribution is -0.124. The highest BCUT2D eigenvalue weighted by molar-refractivity contribution is 5.85. The number of halogens is 3. The Kier molecular flexibility index (Phi) is 7.48. The molecule has 2 amide bonds. The van der Waals surface area contributed by atoms with Gasteiger partial charge in [0.25, 0.3) is 5.92 Å². The normalized spacial score (nSPS) is 24.4. The molecule has 1 unspecified atom stereocenters. The average Bonchev–Trinajstić information content (AvgIpc) is 2.80. The van der Waals surface area contributed by atoms with Crippen LogP contribution in [0, 0.1) is 0 Å². The van der Waals surface area contributed by atoms with Crippen LogP contribution in [0.4, 0.5) is 8.78 Å². The summed E-state index contributed by atoms with van der Waals surface area (Å²) in [4.78, 5) is 23.4. The predicted molar refractivity (Wildman–Crippen MR) is 81.2 cm³/mol. The lowest BCUT2D eigenvalue weighted by Gasteiger charge is -2.22. The number of amides is 2. The van der Waals surface area contributed by atoms with Gasteiger partial charge < -0.3 is 10.6 Å². The molecule has 1 aliphatic heterocycles. The minimum absolute atomic E-state index is 0. The fraction of sp³-hybridized carbons (Fsp3) is 0.857. The molecular weight excluding hydrogens is 316 g/mol. The first kappa shape index (κ1) is 19.1. The maximum absolute atomic E-state index is 13.0. The van der Waals surface area contributed by atoms with Crippen LogP contribution in [0.15, 0.2) is 0 Å². The molecule has 22 heavy (non-hydrogen) atoms. The Morgan fingerprint density at radius 2 is 1.86 bits per heavy atom. The lowest BCUT2D eigenvalue weighted by Crippen LogP contribution is -2.42. The summed E-state index contributed by atoms with van der Waals surface area (Å²) in [7, 11) is 0. The largest absolute Gasteiger partial charge is 0.354 e. The Bertz CT molecular complexity index is 390. The molecule has 3 N–H and O–H groups in total. The predicted octanol–water partition coefficient (Wildman–Crippen LogP) is 1.36. The molecule has 0 aromatic heterocycles. The van der Waals surface area contributed by atoms with Gasteiger partial charge in [-0.3, -0.25) is 14.9 Å². The van der Waals surface area contributed by atoms with Crippen LogP contribution in [0.25, 0.3) is 0 Å². The first-order valence-corrected chi connectivity index (χ1v) is 7.64. The van der Waals surface area contributed by atoms with Gasteiger partial charge in [0.1, 0.15) is 0 Å². The van der Waals surface area contributed by atoms with Crippen molar-refractivity contribution in [3.63, 3.8) is 0 Å². The van der Waals surface area contributed by atoms with Crippen LogP contribution < -0.4 is 16.0 Å². The smallest absolute Gasteiger partial charge is 0.262 e. The van der Waals surface area contributed by atoms with Crippen molar-refractivity contribution >= 4 is 24.2 Å². The zero-order chi connectivity index (χ0) is 15.3. The molecule has 1 atom stereocenters. The molecule has 0 aromatic rings. The number of carbonyl (C=O) groups excluding carboxylic acids is 2. The van der Waals surface area contributed by atoms with Gasteiger partial charge in [0.15, 0.2) is 0 Å². The molecule has 0 spiro atoms. The van der Waals surface area contributed by atoms with Gasteiger partial charge in [-0.25, -0.2) is 8.78 Å². The second-order valence-corrected chi connectivity index (χ2v) is 5.94.